The van der Waals surface area contributed by atoms with E-state index >= 15 is 0 Å². The summed E-state index contributed by atoms with van der Waals surface area (Å²) in [6.07, 6.45) is 6.48. The van der Waals surface area contributed by atoms with Crippen LogP contribution in [0.3, 0.4) is 0 Å². The fraction of sp³-hybridized carbons (Fsp3) is 0.923. The maximum absolute atomic E-state index is 11.6. The van der Waals surface area contributed by atoms with Gasteiger partial charge < -0.3 is 10.6 Å². The molecule has 0 bridgehead atoms. The number of nitrogens with one attached hydrogen (secondary N) is 2. The molecule has 0 aliphatic carbocycles. The number of rotatable bonds is 10. The largest absolute Gasteiger partial charge is 0.356 e. The Labute approximate surface area is 100 Å². The first kappa shape index (κ1) is 15.4. The van der Waals surface area contributed by atoms with Crippen LogP contribution in [0.4, 0.5) is 0 Å². The highest BCUT2D eigenvalue weighted by Crippen LogP contribution is 2.16. The van der Waals surface area contributed by atoms with Crippen LogP contribution in [0.1, 0.15) is 52.4 Å². The molecule has 0 spiro atoms. The van der Waals surface area contributed by atoms with E-state index in [0.29, 0.717) is 12.3 Å². The molecule has 0 fully saturated rings. The molecule has 2 N–H and O–H groups in total. The second-order valence-corrected chi connectivity index (χ2v) is 4.43. The van der Waals surface area contributed by atoms with Crippen molar-refractivity contribution in [2.24, 2.45) is 5.92 Å². The average molecular weight is 228 g/mol. The Kier molecular flexibility index (Phi) is 10.5. The van der Waals surface area contributed by atoms with Crippen LogP contribution >= 0.6 is 0 Å². The van der Waals surface area contributed by atoms with Crippen LogP contribution in [-0.4, -0.2) is 26.0 Å². The molecule has 1 atom stereocenters. The van der Waals surface area contributed by atoms with E-state index in [4.69, 9.17) is 0 Å². The molecule has 1 unspecified atom stereocenters. The normalized spacial score (nSPS) is 12.4. The van der Waals surface area contributed by atoms with Crippen LogP contribution in [0.5, 0.6) is 0 Å². The molecule has 1 amide bonds. The molecule has 0 aromatic heterocycles. The highest BCUT2D eigenvalue weighted by atomic mass is 16.1. The molecule has 16 heavy (non-hydrogen) atoms. The molecule has 0 rings (SSSR count). The highest BCUT2D eigenvalue weighted by molar-refractivity contribution is 5.76. The van der Waals surface area contributed by atoms with Gasteiger partial charge in [-0.3, -0.25) is 4.79 Å². The number of hydrogen-bond donors (Lipinski definition) is 2. The van der Waals surface area contributed by atoms with E-state index in [2.05, 4.69) is 24.5 Å². The summed E-state index contributed by atoms with van der Waals surface area (Å²) in [4.78, 5) is 11.6. The molecule has 0 radical (unpaired) electrons. The van der Waals surface area contributed by atoms with Gasteiger partial charge in [0.2, 0.25) is 5.91 Å². The first-order valence-electron chi connectivity index (χ1n) is 6.65. The van der Waals surface area contributed by atoms with Crippen molar-refractivity contribution in [1.82, 2.24) is 10.6 Å². The van der Waals surface area contributed by atoms with Gasteiger partial charge >= 0.3 is 0 Å². The maximum Gasteiger partial charge on any atom is 0.220 e. The summed E-state index contributed by atoms with van der Waals surface area (Å²) >= 11 is 0. The first-order valence-corrected chi connectivity index (χ1v) is 6.65. The van der Waals surface area contributed by atoms with Gasteiger partial charge in [-0.25, -0.2) is 0 Å². The minimum Gasteiger partial charge on any atom is -0.356 e. The molecule has 0 aromatic rings. The van der Waals surface area contributed by atoms with Gasteiger partial charge in [0.15, 0.2) is 0 Å². The second kappa shape index (κ2) is 10.9. The topological polar surface area (TPSA) is 41.1 Å². The van der Waals surface area contributed by atoms with Crippen molar-refractivity contribution in [3.8, 4) is 0 Å². The summed E-state index contributed by atoms with van der Waals surface area (Å²) in [7, 11) is 1.93. The van der Waals surface area contributed by atoms with Gasteiger partial charge in [-0.15, -0.1) is 0 Å². The van der Waals surface area contributed by atoms with Crippen molar-refractivity contribution in [3.63, 3.8) is 0 Å². The Hall–Kier alpha value is -0.570. The lowest BCUT2D eigenvalue weighted by atomic mass is 9.95. The van der Waals surface area contributed by atoms with Gasteiger partial charge in [-0.05, 0) is 32.4 Å². The third kappa shape index (κ3) is 8.72. The predicted molar refractivity (Wildman–Crippen MR) is 69.5 cm³/mol. The van der Waals surface area contributed by atoms with E-state index in [1.54, 1.807) is 0 Å². The molecular formula is C13H28N2O. The van der Waals surface area contributed by atoms with Crippen molar-refractivity contribution in [2.75, 3.05) is 20.1 Å². The standard InChI is InChI=1S/C13H28N2O/c1-4-6-8-12(5-2)11-13(16)15-10-7-9-14-3/h12,14H,4-11H2,1-3H3,(H,15,16). The number of amides is 1. The molecular weight excluding hydrogens is 200 g/mol. The van der Waals surface area contributed by atoms with Crippen LogP contribution in [0.15, 0.2) is 0 Å². The Morgan fingerprint density at radius 2 is 1.94 bits per heavy atom. The second-order valence-electron chi connectivity index (χ2n) is 4.43. The van der Waals surface area contributed by atoms with E-state index in [-0.39, 0.29) is 5.91 Å². The summed E-state index contributed by atoms with van der Waals surface area (Å²) in [6.45, 7) is 6.14. The SMILES string of the molecule is CCCCC(CC)CC(=O)NCCCNC. The van der Waals surface area contributed by atoms with E-state index in [1.165, 1.54) is 19.3 Å². The zero-order valence-corrected chi connectivity index (χ0v) is 11.1. The smallest absolute Gasteiger partial charge is 0.220 e. The molecule has 3 heteroatoms. The van der Waals surface area contributed by atoms with Crippen molar-refractivity contribution in [2.45, 2.75) is 52.4 Å². The van der Waals surface area contributed by atoms with E-state index in [9.17, 15) is 4.79 Å². The minimum atomic E-state index is 0.221. The molecule has 3 nitrogen and oxygen atoms in total. The fourth-order valence-electron chi connectivity index (χ4n) is 1.77. The maximum atomic E-state index is 11.6. The predicted octanol–water partition coefficient (Wildman–Crippen LogP) is 2.32. The highest BCUT2D eigenvalue weighted by Gasteiger charge is 2.10. The number of hydrogen-bond acceptors (Lipinski definition) is 2. The van der Waals surface area contributed by atoms with Crippen LogP contribution < -0.4 is 10.6 Å². The van der Waals surface area contributed by atoms with Crippen molar-refractivity contribution in [3.05, 3.63) is 0 Å². The molecule has 0 aromatic carbocycles. The van der Waals surface area contributed by atoms with Gasteiger partial charge in [-0.1, -0.05) is 33.1 Å². The Balaban J connectivity index is 3.57. The summed E-state index contributed by atoms with van der Waals surface area (Å²) in [6, 6.07) is 0. The molecule has 0 saturated heterocycles. The van der Waals surface area contributed by atoms with Crippen LogP contribution in [0.2, 0.25) is 0 Å². The van der Waals surface area contributed by atoms with E-state index < -0.39 is 0 Å². The number of carbonyl (C=O) groups is 1. The Morgan fingerprint density at radius 1 is 1.19 bits per heavy atom. The number of unbranched alkanes of at least 4 members (excludes halogenated alkanes) is 1. The zero-order chi connectivity index (χ0) is 12.2. The Morgan fingerprint density at radius 3 is 2.50 bits per heavy atom. The van der Waals surface area contributed by atoms with Gasteiger partial charge in [0.1, 0.15) is 0 Å². The van der Waals surface area contributed by atoms with Crippen LogP contribution in [0.25, 0.3) is 0 Å². The van der Waals surface area contributed by atoms with E-state index in [0.717, 1.165) is 25.9 Å². The first-order chi connectivity index (χ1) is 7.74. The monoisotopic (exact) mass is 228 g/mol. The lowest BCUT2D eigenvalue weighted by molar-refractivity contribution is -0.122. The van der Waals surface area contributed by atoms with Crippen molar-refractivity contribution >= 4 is 5.91 Å². The van der Waals surface area contributed by atoms with Crippen LogP contribution in [-0.2, 0) is 4.79 Å². The van der Waals surface area contributed by atoms with Crippen molar-refractivity contribution in [1.29, 1.82) is 0 Å². The van der Waals surface area contributed by atoms with Crippen LogP contribution in [0, 0.1) is 5.92 Å². The summed E-state index contributed by atoms with van der Waals surface area (Å²) in [5.74, 6) is 0.795. The summed E-state index contributed by atoms with van der Waals surface area (Å²) in [5, 5.41) is 6.05. The lowest BCUT2D eigenvalue weighted by Crippen LogP contribution is -2.28. The molecule has 0 saturated carbocycles. The van der Waals surface area contributed by atoms with E-state index in [1.807, 2.05) is 7.05 Å². The average Bonchev–Trinajstić information content (AvgIpc) is 2.30. The minimum absolute atomic E-state index is 0.221. The van der Waals surface area contributed by atoms with Gasteiger partial charge in [-0.2, -0.15) is 0 Å². The summed E-state index contributed by atoms with van der Waals surface area (Å²) in [5.41, 5.74) is 0. The molecule has 0 aliphatic heterocycles. The van der Waals surface area contributed by atoms with Gasteiger partial charge in [0.25, 0.3) is 0 Å². The number of carbonyl (C=O) groups excluding carboxylic acids is 1. The van der Waals surface area contributed by atoms with Gasteiger partial charge in [0, 0.05) is 13.0 Å². The zero-order valence-electron chi connectivity index (χ0n) is 11.1. The summed E-state index contributed by atoms with van der Waals surface area (Å²) < 4.78 is 0. The fourth-order valence-corrected chi connectivity index (χ4v) is 1.77. The molecule has 96 valence electrons. The van der Waals surface area contributed by atoms with Crippen molar-refractivity contribution < 1.29 is 4.79 Å². The lowest BCUT2D eigenvalue weighted by Gasteiger charge is -2.14. The Bertz CT molecular complexity index is 171. The molecule has 0 aliphatic rings. The third-order valence-corrected chi connectivity index (χ3v) is 2.94. The molecule has 0 heterocycles. The van der Waals surface area contributed by atoms with Gasteiger partial charge in [0.05, 0.1) is 0 Å². The third-order valence-electron chi connectivity index (χ3n) is 2.94. The quantitative estimate of drug-likeness (QED) is 0.563.